The Hall–Kier alpha value is -3.64. The van der Waals surface area contributed by atoms with Crippen LogP contribution in [0.2, 0.25) is 5.02 Å². The van der Waals surface area contributed by atoms with E-state index in [9.17, 15) is 10.1 Å². The number of methoxy groups -OCH3 is 1. The molecular formula is C22H16ClN3O3. The fourth-order valence-corrected chi connectivity index (χ4v) is 3.29. The fourth-order valence-electron chi connectivity index (χ4n) is 3.08. The summed E-state index contributed by atoms with van der Waals surface area (Å²) in [6.07, 6.45) is 0. The maximum atomic E-state index is 11.2. The highest BCUT2D eigenvalue weighted by Gasteiger charge is 2.19. The molecule has 144 valence electrons. The van der Waals surface area contributed by atoms with Gasteiger partial charge in [0.25, 0.3) is 5.69 Å². The van der Waals surface area contributed by atoms with Crippen LogP contribution in [0, 0.1) is 10.1 Å². The summed E-state index contributed by atoms with van der Waals surface area (Å²) in [7, 11) is 1.61. The van der Waals surface area contributed by atoms with E-state index in [1.807, 2.05) is 54.6 Å². The number of non-ortho nitro benzene ring substituents is 1. The van der Waals surface area contributed by atoms with Crippen molar-refractivity contribution in [1.82, 2.24) is 9.97 Å². The third-order valence-corrected chi connectivity index (χ3v) is 4.88. The van der Waals surface area contributed by atoms with E-state index in [4.69, 9.17) is 21.3 Å². The lowest BCUT2D eigenvalue weighted by Gasteiger charge is -2.05. The predicted molar refractivity (Wildman–Crippen MR) is 113 cm³/mol. The SMILES string of the molecule is COc1ccc(-c2[nH]c(-c3cc([N+](=O)[O-])ccc3Cl)nc2-c2ccccc2)cc1. The van der Waals surface area contributed by atoms with Crippen molar-refractivity contribution < 1.29 is 9.66 Å². The molecule has 1 heterocycles. The van der Waals surface area contributed by atoms with Gasteiger partial charge in [0.1, 0.15) is 11.6 Å². The summed E-state index contributed by atoms with van der Waals surface area (Å²) in [5.41, 5.74) is 3.77. The minimum absolute atomic E-state index is 0.0481. The summed E-state index contributed by atoms with van der Waals surface area (Å²) in [5, 5.41) is 11.6. The van der Waals surface area contributed by atoms with Crippen molar-refractivity contribution >= 4 is 17.3 Å². The molecule has 7 heteroatoms. The molecule has 0 atom stereocenters. The van der Waals surface area contributed by atoms with E-state index in [2.05, 4.69) is 4.98 Å². The van der Waals surface area contributed by atoms with Gasteiger partial charge in [0.2, 0.25) is 0 Å². The highest BCUT2D eigenvalue weighted by atomic mass is 35.5. The third-order valence-electron chi connectivity index (χ3n) is 4.55. The minimum atomic E-state index is -0.453. The van der Waals surface area contributed by atoms with Gasteiger partial charge < -0.3 is 9.72 Å². The minimum Gasteiger partial charge on any atom is -0.497 e. The number of benzene rings is 3. The average molecular weight is 406 g/mol. The molecular weight excluding hydrogens is 390 g/mol. The number of ether oxygens (including phenoxy) is 1. The van der Waals surface area contributed by atoms with E-state index in [0.717, 1.165) is 28.3 Å². The van der Waals surface area contributed by atoms with Crippen LogP contribution in [0.3, 0.4) is 0 Å². The zero-order valence-electron chi connectivity index (χ0n) is 15.4. The second-order valence-electron chi connectivity index (χ2n) is 6.32. The standard InChI is InChI=1S/C22H16ClN3O3/c1-29-17-10-7-15(8-11-17)21-20(14-5-3-2-4-6-14)24-22(25-21)18-13-16(26(27)28)9-12-19(18)23/h2-13H,1H3,(H,24,25). The molecule has 0 aliphatic heterocycles. The van der Waals surface area contributed by atoms with Gasteiger partial charge in [0.05, 0.1) is 28.4 Å². The zero-order valence-corrected chi connectivity index (χ0v) is 16.2. The summed E-state index contributed by atoms with van der Waals surface area (Å²) < 4.78 is 5.24. The first-order valence-corrected chi connectivity index (χ1v) is 9.19. The van der Waals surface area contributed by atoms with E-state index in [0.29, 0.717) is 16.4 Å². The topological polar surface area (TPSA) is 81.0 Å². The van der Waals surface area contributed by atoms with Crippen LogP contribution < -0.4 is 4.74 Å². The van der Waals surface area contributed by atoms with E-state index >= 15 is 0 Å². The largest absolute Gasteiger partial charge is 0.497 e. The van der Waals surface area contributed by atoms with Gasteiger partial charge in [-0.3, -0.25) is 10.1 Å². The van der Waals surface area contributed by atoms with Crippen LogP contribution in [0.1, 0.15) is 0 Å². The summed E-state index contributed by atoms with van der Waals surface area (Å²) in [5.74, 6) is 1.21. The Kier molecular flexibility index (Phi) is 5.01. The van der Waals surface area contributed by atoms with Crippen LogP contribution >= 0.6 is 11.6 Å². The number of nitrogens with zero attached hydrogens (tertiary/aromatic N) is 2. The molecule has 0 aliphatic carbocycles. The first kappa shape index (κ1) is 18.7. The Morgan fingerprint density at radius 2 is 1.72 bits per heavy atom. The Balaban J connectivity index is 1.90. The number of halogens is 1. The number of hydrogen-bond acceptors (Lipinski definition) is 4. The molecule has 0 aliphatic rings. The maximum Gasteiger partial charge on any atom is 0.270 e. The lowest BCUT2D eigenvalue weighted by molar-refractivity contribution is -0.384. The number of nitro groups is 1. The van der Waals surface area contributed by atoms with Crippen molar-refractivity contribution in [3.63, 3.8) is 0 Å². The molecule has 0 spiro atoms. The van der Waals surface area contributed by atoms with Crippen molar-refractivity contribution in [2.24, 2.45) is 0 Å². The number of aromatic nitrogens is 2. The summed E-state index contributed by atoms with van der Waals surface area (Å²) in [4.78, 5) is 18.8. The number of hydrogen-bond donors (Lipinski definition) is 1. The van der Waals surface area contributed by atoms with Gasteiger partial charge in [-0.15, -0.1) is 0 Å². The van der Waals surface area contributed by atoms with Crippen LogP contribution in [0.25, 0.3) is 33.9 Å². The van der Waals surface area contributed by atoms with Gasteiger partial charge in [-0.2, -0.15) is 0 Å². The molecule has 4 aromatic rings. The number of nitro benzene ring substituents is 1. The summed E-state index contributed by atoms with van der Waals surface area (Å²) >= 11 is 6.33. The number of aromatic amines is 1. The van der Waals surface area contributed by atoms with Gasteiger partial charge >= 0.3 is 0 Å². The molecule has 3 aromatic carbocycles. The van der Waals surface area contributed by atoms with Crippen molar-refractivity contribution in [1.29, 1.82) is 0 Å². The van der Waals surface area contributed by atoms with E-state index in [1.165, 1.54) is 18.2 Å². The van der Waals surface area contributed by atoms with Gasteiger partial charge in [-0.25, -0.2) is 4.98 Å². The van der Waals surface area contributed by atoms with E-state index in [-0.39, 0.29) is 5.69 Å². The first-order valence-electron chi connectivity index (χ1n) is 8.81. The van der Waals surface area contributed by atoms with Crippen LogP contribution in [0.5, 0.6) is 5.75 Å². The molecule has 0 radical (unpaired) electrons. The highest BCUT2D eigenvalue weighted by Crippen LogP contribution is 2.36. The first-order chi connectivity index (χ1) is 14.1. The molecule has 4 rings (SSSR count). The molecule has 0 saturated carbocycles. The summed E-state index contributed by atoms with van der Waals surface area (Å²) in [6.45, 7) is 0. The molecule has 0 unspecified atom stereocenters. The fraction of sp³-hybridized carbons (Fsp3) is 0.0455. The lowest BCUT2D eigenvalue weighted by atomic mass is 10.1. The lowest BCUT2D eigenvalue weighted by Crippen LogP contribution is -1.90. The van der Waals surface area contributed by atoms with E-state index < -0.39 is 4.92 Å². The van der Waals surface area contributed by atoms with Crippen molar-refractivity contribution in [3.8, 4) is 39.7 Å². The molecule has 0 bridgehead atoms. The quantitative estimate of drug-likeness (QED) is 0.327. The van der Waals surface area contributed by atoms with E-state index in [1.54, 1.807) is 7.11 Å². The third kappa shape index (κ3) is 3.70. The Labute approximate surface area is 171 Å². The van der Waals surface area contributed by atoms with Crippen LogP contribution in [0.4, 0.5) is 5.69 Å². The van der Waals surface area contributed by atoms with Gasteiger partial charge in [-0.1, -0.05) is 41.9 Å². The molecule has 29 heavy (non-hydrogen) atoms. The van der Waals surface area contributed by atoms with Gasteiger partial charge in [0, 0.05) is 28.8 Å². The second-order valence-corrected chi connectivity index (χ2v) is 6.73. The highest BCUT2D eigenvalue weighted by molar-refractivity contribution is 6.33. The van der Waals surface area contributed by atoms with Crippen molar-refractivity contribution in [2.45, 2.75) is 0 Å². The number of rotatable bonds is 5. The van der Waals surface area contributed by atoms with Gasteiger partial charge in [0.15, 0.2) is 0 Å². The molecule has 1 N–H and O–H groups in total. The normalized spacial score (nSPS) is 10.7. The number of nitrogens with one attached hydrogen (secondary N) is 1. The van der Waals surface area contributed by atoms with Gasteiger partial charge in [-0.05, 0) is 30.3 Å². The molecule has 0 saturated heterocycles. The Bertz CT molecular complexity index is 1170. The molecule has 1 aromatic heterocycles. The summed E-state index contributed by atoms with van der Waals surface area (Å²) in [6, 6.07) is 21.6. The average Bonchev–Trinajstić information content (AvgIpc) is 3.20. The number of imidazole rings is 1. The van der Waals surface area contributed by atoms with Crippen LogP contribution in [-0.4, -0.2) is 22.0 Å². The predicted octanol–water partition coefficient (Wildman–Crippen LogP) is 5.98. The van der Waals surface area contributed by atoms with Crippen molar-refractivity contribution in [3.05, 3.63) is 87.9 Å². The number of H-pyrrole nitrogens is 1. The Morgan fingerprint density at radius 3 is 2.38 bits per heavy atom. The van der Waals surface area contributed by atoms with Crippen LogP contribution in [0.15, 0.2) is 72.8 Å². The monoisotopic (exact) mass is 405 g/mol. The smallest absolute Gasteiger partial charge is 0.270 e. The molecule has 0 amide bonds. The van der Waals surface area contributed by atoms with Crippen molar-refractivity contribution in [2.75, 3.05) is 7.11 Å². The Morgan fingerprint density at radius 1 is 1.00 bits per heavy atom. The molecule has 6 nitrogen and oxygen atoms in total. The zero-order chi connectivity index (χ0) is 20.4. The molecule has 0 fully saturated rings. The van der Waals surface area contributed by atoms with Crippen LogP contribution in [-0.2, 0) is 0 Å². The second kappa shape index (κ2) is 7.77. The maximum absolute atomic E-state index is 11.2.